The number of aliphatic carboxylic acids is 1. The highest BCUT2D eigenvalue weighted by atomic mass is 32.2. The van der Waals surface area contributed by atoms with E-state index in [1.807, 2.05) is 13.8 Å². The molecule has 0 bridgehead atoms. The quantitative estimate of drug-likeness (QED) is 0.599. The van der Waals surface area contributed by atoms with Crippen molar-refractivity contribution < 1.29 is 9.90 Å². The van der Waals surface area contributed by atoms with Crippen LogP contribution in [-0.4, -0.2) is 28.7 Å². The molecule has 1 fully saturated rings. The van der Waals surface area contributed by atoms with E-state index in [-0.39, 0.29) is 5.37 Å². The van der Waals surface area contributed by atoms with E-state index < -0.39 is 5.97 Å². The summed E-state index contributed by atoms with van der Waals surface area (Å²) in [6, 6.07) is 0. The lowest BCUT2D eigenvalue weighted by molar-refractivity contribution is -0.136. The van der Waals surface area contributed by atoms with Gasteiger partial charge in [0.2, 0.25) is 0 Å². The molecule has 60 valence electrons. The average Bonchev–Trinajstić information content (AvgIpc) is 2.42. The van der Waals surface area contributed by atoms with E-state index in [1.54, 1.807) is 0 Å². The van der Waals surface area contributed by atoms with Gasteiger partial charge in [-0.3, -0.25) is 5.32 Å². The molecule has 1 aliphatic heterocycles. The van der Waals surface area contributed by atoms with E-state index in [4.69, 9.17) is 5.11 Å². The minimum Gasteiger partial charge on any atom is -0.479 e. The zero-order valence-electron chi connectivity index (χ0n) is 6.26. The second-order valence-corrected chi connectivity index (χ2v) is 2.76. The molecule has 0 aromatic heterocycles. The van der Waals surface area contributed by atoms with Crippen LogP contribution in [0.3, 0.4) is 0 Å². The summed E-state index contributed by atoms with van der Waals surface area (Å²) < 4.78 is 0. The highest BCUT2D eigenvalue weighted by Gasteiger charge is 2.20. The Morgan fingerprint density at radius 1 is 1.70 bits per heavy atom. The maximum absolute atomic E-state index is 10.1. The van der Waals surface area contributed by atoms with Crippen LogP contribution in [0.15, 0.2) is 0 Å². The number of hydrogen-bond acceptors (Lipinski definition) is 3. The Morgan fingerprint density at radius 2 is 2.30 bits per heavy atom. The van der Waals surface area contributed by atoms with Crippen LogP contribution < -0.4 is 5.32 Å². The van der Waals surface area contributed by atoms with E-state index in [1.165, 1.54) is 11.8 Å². The number of carboxylic acid groups (broad SMARTS) is 1. The molecule has 1 aliphatic rings. The van der Waals surface area contributed by atoms with Gasteiger partial charge in [0, 0.05) is 12.3 Å². The van der Waals surface area contributed by atoms with Crippen LogP contribution in [0.5, 0.6) is 0 Å². The van der Waals surface area contributed by atoms with Gasteiger partial charge in [0.15, 0.2) is 5.37 Å². The lowest BCUT2D eigenvalue weighted by Gasteiger charge is -1.98. The highest BCUT2D eigenvalue weighted by molar-refractivity contribution is 8.00. The van der Waals surface area contributed by atoms with Gasteiger partial charge in [-0.2, -0.15) is 0 Å². The Hall–Kier alpha value is -0.220. The van der Waals surface area contributed by atoms with Crippen molar-refractivity contribution in [2.45, 2.75) is 19.2 Å². The third-order valence-electron chi connectivity index (χ3n) is 0.941. The van der Waals surface area contributed by atoms with Gasteiger partial charge < -0.3 is 5.11 Å². The minimum atomic E-state index is -0.757. The Bertz CT molecular complexity index is 102. The van der Waals surface area contributed by atoms with Crippen LogP contribution in [0.4, 0.5) is 0 Å². The maximum Gasteiger partial charge on any atom is 0.331 e. The molecule has 4 heteroatoms. The molecule has 0 amide bonds. The molecule has 1 rings (SSSR count). The zero-order valence-corrected chi connectivity index (χ0v) is 7.07. The number of carboxylic acids is 1. The third kappa shape index (κ3) is 3.08. The van der Waals surface area contributed by atoms with E-state index in [0.29, 0.717) is 0 Å². The monoisotopic (exact) mass is 163 g/mol. The maximum atomic E-state index is 10.1. The van der Waals surface area contributed by atoms with Gasteiger partial charge in [0.05, 0.1) is 0 Å². The van der Waals surface area contributed by atoms with E-state index in [0.717, 1.165) is 12.3 Å². The lowest BCUT2D eigenvalue weighted by atomic mass is 10.6. The molecule has 1 unspecified atom stereocenters. The first-order valence-corrected chi connectivity index (χ1v) is 4.43. The molecule has 3 nitrogen and oxygen atoms in total. The molecular formula is C6H13NO2S. The molecule has 0 aromatic rings. The van der Waals surface area contributed by atoms with Gasteiger partial charge in [-0.15, -0.1) is 11.8 Å². The van der Waals surface area contributed by atoms with Crippen molar-refractivity contribution in [1.82, 2.24) is 5.32 Å². The Morgan fingerprint density at radius 3 is 2.50 bits per heavy atom. The van der Waals surface area contributed by atoms with Crippen LogP contribution in [-0.2, 0) is 4.79 Å². The van der Waals surface area contributed by atoms with E-state index >= 15 is 0 Å². The number of hydrogen-bond donors (Lipinski definition) is 2. The average molecular weight is 163 g/mol. The molecule has 1 heterocycles. The van der Waals surface area contributed by atoms with Gasteiger partial charge in [-0.25, -0.2) is 4.79 Å². The molecule has 0 aromatic carbocycles. The molecule has 0 aliphatic carbocycles. The molecule has 0 spiro atoms. The van der Waals surface area contributed by atoms with Gasteiger partial charge in [0.1, 0.15) is 0 Å². The van der Waals surface area contributed by atoms with Gasteiger partial charge in [-0.05, 0) is 0 Å². The largest absolute Gasteiger partial charge is 0.479 e. The van der Waals surface area contributed by atoms with Crippen LogP contribution in [0.2, 0.25) is 0 Å². The van der Waals surface area contributed by atoms with Crippen molar-refractivity contribution in [2.75, 3.05) is 12.3 Å². The van der Waals surface area contributed by atoms with Crippen molar-refractivity contribution >= 4 is 17.7 Å². The molecule has 10 heavy (non-hydrogen) atoms. The van der Waals surface area contributed by atoms with Crippen LogP contribution in [0, 0.1) is 0 Å². The number of thioether (sulfide) groups is 1. The van der Waals surface area contributed by atoms with Gasteiger partial charge in [-0.1, -0.05) is 13.8 Å². The number of rotatable bonds is 1. The summed E-state index contributed by atoms with van der Waals surface area (Å²) in [5, 5.41) is 10.8. The Kier molecular flexibility index (Phi) is 5.43. The fourth-order valence-corrected chi connectivity index (χ4v) is 1.43. The zero-order chi connectivity index (χ0) is 7.98. The topological polar surface area (TPSA) is 49.3 Å². The van der Waals surface area contributed by atoms with E-state index in [2.05, 4.69) is 5.32 Å². The summed E-state index contributed by atoms with van der Waals surface area (Å²) >= 11 is 1.44. The van der Waals surface area contributed by atoms with Crippen molar-refractivity contribution in [1.29, 1.82) is 0 Å². The standard InChI is InChI=1S/C4H7NO2S.C2H6/c6-4(7)3-5-1-2-8-3;1-2/h3,5H,1-2H2,(H,6,7);1-2H3. The molecule has 0 saturated carbocycles. The summed E-state index contributed by atoms with van der Waals surface area (Å²) in [5.74, 6) is 0.157. The summed E-state index contributed by atoms with van der Waals surface area (Å²) in [6.45, 7) is 4.82. The number of nitrogens with one attached hydrogen (secondary N) is 1. The summed E-state index contributed by atoms with van der Waals surface area (Å²) in [5.41, 5.74) is 0. The predicted molar refractivity (Wildman–Crippen MR) is 43.2 cm³/mol. The molecule has 1 saturated heterocycles. The second-order valence-electron chi connectivity index (χ2n) is 1.54. The smallest absolute Gasteiger partial charge is 0.331 e. The van der Waals surface area contributed by atoms with Crippen molar-refractivity contribution in [3.05, 3.63) is 0 Å². The minimum absolute atomic E-state index is 0.352. The fraction of sp³-hybridized carbons (Fsp3) is 0.833. The van der Waals surface area contributed by atoms with Gasteiger partial charge >= 0.3 is 5.97 Å². The predicted octanol–water partition coefficient (Wildman–Crippen LogP) is 0.760. The first-order valence-electron chi connectivity index (χ1n) is 3.38. The van der Waals surface area contributed by atoms with Crippen LogP contribution in [0.1, 0.15) is 13.8 Å². The SMILES string of the molecule is CC.O=C(O)C1NCCS1. The molecule has 1 atom stereocenters. The second kappa shape index (κ2) is 5.56. The highest BCUT2D eigenvalue weighted by Crippen LogP contribution is 2.12. The Balaban J connectivity index is 0.000000371. The first kappa shape index (κ1) is 9.78. The Labute approximate surface area is 65.2 Å². The first-order chi connectivity index (χ1) is 4.80. The van der Waals surface area contributed by atoms with Crippen molar-refractivity contribution in [2.24, 2.45) is 0 Å². The van der Waals surface area contributed by atoms with Crippen LogP contribution in [0.25, 0.3) is 0 Å². The summed E-state index contributed by atoms with van der Waals surface area (Å²) in [7, 11) is 0. The summed E-state index contributed by atoms with van der Waals surface area (Å²) in [6.07, 6.45) is 0. The fourth-order valence-electron chi connectivity index (χ4n) is 0.584. The van der Waals surface area contributed by atoms with Gasteiger partial charge in [0.25, 0.3) is 0 Å². The summed E-state index contributed by atoms with van der Waals surface area (Å²) in [4.78, 5) is 10.1. The van der Waals surface area contributed by atoms with Crippen molar-refractivity contribution in [3.63, 3.8) is 0 Å². The number of carbonyl (C=O) groups is 1. The molecule has 0 radical (unpaired) electrons. The molecule has 2 N–H and O–H groups in total. The van der Waals surface area contributed by atoms with E-state index in [9.17, 15) is 4.79 Å². The van der Waals surface area contributed by atoms with Crippen molar-refractivity contribution in [3.8, 4) is 0 Å². The normalized spacial score (nSPS) is 23.2. The lowest BCUT2D eigenvalue weighted by Crippen LogP contribution is -2.27. The third-order valence-corrected chi connectivity index (χ3v) is 2.08. The molecular weight excluding hydrogens is 150 g/mol. The van der Waals surface area contributed by atoms with Crippen LogP contribution >= 0.6 is 11.8 Å².